The van der Waals surface area contributed by atoms with Gasteiger partial charge in [0.15, 0.2) is 0 Å². The fourth-order valence-electron chi connectivity index (χ4n) is 1.74. The molecule has 0 spiro atoms. The smallest absolute Gasteiger partial charge is 0.244 e. The number of rotatable bonds is 5. The van der Waals surface area contributed by atoms with E-state index < -0.39 is 17.5 Å². The molecule has 7 heteroatoms. The van der Waals surface area contributed by atoms with Crippen molar-refractivity contribution in [2.45, 2.75) is 6.54 Å². The number of hydrogen-bond donors (Lipinski definition) is 1. The van der Waals surface area contributed by atoms with Crippen molar-refractivity contribution in [3.63, 3.8) is 0 Å². The fraction of sp³-hybridized carbons (Fsp3) is 0.188. The van der Waals surface area contributed by atoms with Crippen molar-refractivity contribution in [1.82, 2.24) is 15.3 Å². The van der Waals surface area contributed by atoms with Gasteiger partial charge in [0, 0.05) is 31.9 Å². The average Bonchev–Trinajstić information content (AvgIpc) is 2.54. The second-order valence-corrected chi connectivity index (χ2v) is 4.96. The summed E-state index contributed by atoms with van der Waals surface area (Å²) in [6, 6.07) is 4.73. The summed E-state index contributed by atoms with van der Waals surface area (Å²) < 4.78 is 26.4. The number of halogens is 2. The summed E-state index contributed by atoms with van der Waals surface area (Å²) >= 11 is 0. The summed E-state index contributed by atoms with van der Waals surface area (Å²) in [5, 5.41) is 2.62. The number of aromatic nitrogens is 2. The Morgan fingerprint density at radius 1 is 1.30 bits per heavy atom. The van der Waals surface area contributed by atoms with Gasteiger partial charge in [-0.3, -0.25) is 4.79 Å². The summed E-state index contributed by atoms with van der Waals surface area (Å²) in [7, 11) is 3.63. The molecule has 0 bridgehead atoms. The van der Waals surface area contributed by atoms with Crippen molar-refractivity contribution in [1.29, 1.82) is 0 Å². The van der Waals surface area contributed by atoms with E-state index in [2.05, 4.69) is 15.3 Å². The lowest BCUT2D eigenvalue weighted by Crippen LogP contribution is -2.22. The number of nitrogens with zero attached hydrogens (tertiary/aromatic N) is 3. The summed E-state index contributed by atoms with van der Waals surface area (Å²) in [6.45, 7) is 0.207. The number of carbonyl (C=O) groups excluding carboxylic acids is 1. The van der Waals surface area contributed by atoms with E-state index in [9.17, 15) is 13.6 Å². The second-order valence-electron chi connectivity index (χ2n) is 4.96. The van der Waals surface area contributed by atoms with E-state index in [1.807, 2.05) is 14.1 Å². The molecule has 0 aliphatic heterocycles. The third-order valence-electron chi connectivity index (χ3n) is 2.92. The zero-order chi connectivity index (χ0) is 16.8. The number of benzene rings is 1. The molecule has 2 rings (SSSR count). The van der Waals surface area contributed by atoms with Gasteiger partial charge in [0.25, 0.3) is 0 Å². The van der Waals surface area contributed by atoms with Gasteiger partial charge in [-0.05, 0) is 30.3 Å². The van der Waals surface area contributed by atoms with Gasteiger partial charge in [0.05, 0.1) is 12.2 Å². The molecular weight excluding hydrogens is 302 g/mol. The van der Waals surface area contributed by atoms with Crippen molar-refractivity contribution < 1.29 is 13.6 Å². The van der Waals surface area contributed by atoms with Gasteiger partial charge >= 0.3 is 0 Å². The molecule has 120 valence electrons. The van der Waals surface area contributed by atoms with Gasteiger partial charge in [-0.2, -0.15) is 0 Å². The van der Waals surface area contributed by atoms with Crippen molar-refractivity contribution in [3.8, 4) is 0 Å². The van der Waals surface area contributed by atoms with Crippen LogP contribution >= 0.6 is 0 Å². The topological polar surface area (TPSA) is 58.1 Å². The van der Waals surface area contributed by atoms with Gasteiger partial charge in [-0.25, -0.2) is 18.7 Å². The van der Waals surface area contributed by atoms with Crippen LogP contribution in [0.25, 0.3) is 6.08 Å². The molecular formula is C16H16F2N4O. The van der Waals surface area contributed by atoms with Gasteiger partial charge in [0.1, 0.15) is 11.6 Å². The molecule has 1 amide bonds. The molecule has 0 radical (unpaired) electrons. The number of amides is 1. The zero-order valence-electron chi connectivity index (χ0n) is 12.8. The van der Waals surface area contributed by atoms with E-state index >= 15 is 0 Å². The maximum atomic E-state index is 13.4. The Morgan fingerprint density at radius 3 is 2.83 bits per heavy atom. The molecule has 0 saturated carbocycles. The van der Waals surface area contributed by atoms with Crippen LogP contribution in [0.5, 0.6) is 0 Å². The molecule has 23 heavy (non-hydrogen) atoms. The first-order valence-electron chi connectivity index (χ1n) is 6.86. The number of hydrogen-bond acceptors (Lipinski definition) is 4. The zero-order valence-corrected chi connectivity index (χ0v) is 12.8. The summed E-state index contributed by atoms with van der Waals surface area (Å²) in [6.07, 6.45) is 3.96. The van der Waals surface area contributed by atoms with E-state index in [-0.39, 0.29) is 12.1 Å². The molecule has 0 fully saturated rings. The summed E-state index contributed by atoms with van der Waals surface area (Å²) in [5.41, 5.74) is 0.652. The summed E-state index contributed by atoms with van der Waals surface area (Å²) in [4.78, 5) is 21.8. The van der Waals surface area contributed by atoms with Crippen LogP contribution in [0.2, 0.25) is 0 Å². The van der Waals surface area contributed by atoms with Crippen LogP contribution in [-0.2, 0) is 11.3 Å². The maximum Gasteiger partial charge on any atom is 0.244 e. The van der Waals surface area contributed by atoms with Gasteiger partial charge in [0.2, 0.25) is 11.9 Å². The highest BCUT2D eigenvalue weighted by Crippen LogP contribution is 2.11. The van der Waals surface area contributed by atoms with Crippen LogP contribution in [0.3, 0.4) is 0 Å². The quantitative estimate of drug-likeness (QED) is 0.858. The lowest BCUT2D eigenvalue weighted by atomic mass is 10.2. The Morgan fingerprint density at radius 2 is 2.09 bits per heavy atom. The SMILES string of the molecule is CN(C)c1nccc(CNC(=O)/C=C/c2cc(F)ccc2F)n1. The Kier molecular flexibility index (Phi) is 5.35. The van der Waals surface area contributed by atoms with Gasteiger partial charge < -0.3 is 10.2 Å². The second kappa shape index (κ2) is 7.44. The monoisotopic (exact) mass is 318 g/mol. The molecule has 5 nitrogen and oxygen atoms in total. The van der Waals surface area contributed by atoms with E-state index in [0.717, 1.165) is 24.3 Å². The van der Waals surface area contributed by atoms with Gasteiger partial charge in [-0.15, -0.1) is 0 Å². The predicted molar refractivity (Wildman–Crippen MR) is 83.6 cm³/mol. The Hall–Kier alpha value is -2.83. The average molecular weight is 318 g/mol. The van der Waals surface area contributed by atoms with Crippen LogP contribution < -0.4 is 10.2 Å². The van der Waals surface area contributed by atoms with Crippen LogP contribution in [0.15, 0.2) is 36.5 Å². The molecule has 0 atom stereocenters. The van der Waals surface area contributed by atoms with Crippen molar-refractivity contribution in [2.24, 2.45) is 0 Å². The lowest BCUT2D eigenvalue weighted by molar-refractivity contribution is -0.116. The molecule has 0 aliphatic rings. The molecule has 1 heterocycles. The first-order chi connectivity index (χ1) is 11.0. The van der Waals surface area contributed by atoms with Crippen molar-refractivity contribution in [2.75, 3.05) is 19.0 Å². The normalized spacial score (nSPS) is 10.8. The van der Waals surface area contributed by atoms with Crippen LogP contribution in [-0.4, -0.2) is 30.0 Å². The van der Waals surface area contributed by atoms with Crippen LogP contribution in [0.1, 0.15) is 11.3 Å². The maximum absolute atomic E-state index is 13.4. The minimum atomic E-state index is -0.595. The highest BCUT2D eigenvalue weighted by Gasteiger charge is 2.04. The minimum Gasteiger partial charge on any atom is -0.347 e. The van der Waals surface area contributed by atoms with Crippen LogP contribution in [0, 0.1) is 11.6 Å². The third kappa shape index (κ3) is 4.84. The third-order valence-corrected chi connectivity index (χ3v) is 2.92. The van der Waals surface area contributed by atoms with E-state index in [1.54, 1.807) is 17.2 Å². The molecule has 0 unspecified atom stereocenters. The first kappa shape index (κ1) is 16.5. The highest BCUT2D eigenvalue weighted by atomic mass is 19.1. The van der Waals surface area contributed by atoms with E-state index in [0.29, 0.717) is 11.6 Å². The molecule has 0 saturated heterocycles. The number of nitrogens with one attached hydrogen (secondary N) is 1. The first-order valence-corrected chi connectivity index (χ1v) is 6.86. The minimum absolute atomic E-state index is 0.0112. The standard InChI is InChI=1S/C16H16F2N4O/c1-22(2)16-19-8-7-13(21-16)10-20-15(23)6-3-11-9-12(17)4-5-14(11)18/h3-9H,10H2,1-2H3,(H,20,23)/b6-3+. The largest absolute Gasteiger partial charge is 0.347 e. The predicted octanol–water partition coefficient (Wildman–Crippen LogP) is 2.15. The Labute approximate surface area is 132 Å². The van der Waals surface area contributed by atoms with Crippen molar-refractivity contribution >= 4 is 17.9 Å². The molecule has 1 aromatic carbocycles. The number of anilines is 1. The van der Waals surface area contributed by atoms with E-state index in [1.165, 1.54) is 6.08 Å². The summed E-state index contributed by atoms with van der Waals surface area (Å²) in [5.74, 6) is -1.06. The van der Waals surface area contributed by atoms with Crippen molar-refractivity contribution in [3.05, 3.63) is 59.4 Å². The lowest BCUT2D eigenvalue weighted by Gasteiger charge is -2.10. The van der Waals surface area contributed by atoms with Gasteiger partial charge in [-0.1, -0.05) is 0 Å². The molecule has 2 aromatic rings. The highest BCUT2D eigenvalue weighted by molar-refractivity contribution is 5.91. The molecule has 1 N–H and O–H groups in total. The fourth-order valence-corrected chi connectivity index (χ4v) is 1.74. The van der Waals surface area contributed by atoms with Crippen LogP contribution in [0.4, 0.5) is 14.7 Å². The number of carbonyl (C=O) groups is 1. The Bertz CT molecular complexity index is 732. The van der Waals surface area contributed by atoms with E-state index in [4.69, 9.17) is 0 Å². The molecule has 1 aromatic heterocycles. The Balaban J connectivity index is 1.96. The molecule has 0 aliphatic carbocycles.